The van der Waals surface area contributed by atoms with E-state index in [1.807, 2.05) is 18.2 Å². The number of furan rings is 1. The largest absolute Gasteiger partial charge is 0.463 e. The lowest BCUT2D eigenvalue weighted by Crippen LogP contribution is -2.24. The number of amides is 1. The molecule has 6 nitrogen and oxygen atoms in total. The number of rotatable bonds is 4. The highest BCUT2D eigenvalue weighted by Crippen LogP contribution is 2.25. The van der Waals surface area contributed by atoms with Gasteiger partial charge in [0.05, 0.1) is 18.5 Å². The Morgan fingerprint density at radius 1 is 1.29 bits per heavy atom. The number of aromatic nitrogens is 2. The van der Waals surface area contributed by atoms with Gasteiger partial charge in [-0.25, -0.2) is 0 Å². The van der Waals surface area contributed by atoms with Crippen molar-refractivity contribution in [3.8, 4) is 11.5 Å². The van der Waals surface area contributed by atoms with Crippen LogP contribution in [0.5, 0.6) is 0 Å². The van der Waals surface area contributed by atoms with Crippen molar-refractivity contribution in [2.75, 3.05) is 0 Å². The summed E-state index contributed by atoms with van der Waals surface area (Å²) in [5.74, 6) is 0.667. The van der Waals surface area contributed by atoms with E-state index in [1.165, 1.54) is 6.26 Å². The lowest BCUT2D eigenvalue weighted by molar-refractivity contribution is 0.0949. The van der Waals surface area contributed by atoms with Crippen molar-refractivity contribution in [1.29, 1.82) is 0 Å². The van der Waals surface area contributed by atoms with Gasteiger partial charge in [-0.05, 0) is 31.2 Å². The zero-order valence-corrected chi connectivity index (χ0v) is 11.4. The molecular weight excluding hydrogens is 270 g/mol. The minimum atomic E-state index is -0.272. The summed E-state index contributed by atoms with van der Waals surface area (Å²) in [6.45, 7) is 2.02. The molecule has 3 rings (SSSR count). The maximum absolute atomic E-state index is 12.3. The Kier molecular flexibility index (Phi) is 3.51. The highest BCUT2D eigenvalue weighted by molar-refractivity contribution is 6.00. The molecule has 0 radical (unpaired) electrons. The molecule has 0 fully saturated rings. The van der Waals surface area contributed by atoms with Gasteiger partial charge in [-0.2, -0.15) is 0 Å². The third-order valence-corrected chi connectivity index (χ3v) is 3.00. The lowest BCUT2D eigenvalue weighted by Gasteiger charge is -2.04. The van der Waals surface area contributed by atoms with Gasteiger partial charge in [0, 0.05) is 6.20 Å². The number of aryl methyl sites for hydroxylation is 1. The van der Waals surface area contributed by atoms with Crippen molar-refractivity contribution >= 4 is 5.91 Å². The second-order valence-electron chi connectivity index (χ2n) is 4.44. The smallest absolute Gasteiger partial charge is 0.257 e. The predicted molar refractivity (Wildman–Crippen MR) is 74.3 cm³/mol. The van der Waals surface area contributed by atoms with Gasteiger partial charge in [-0.1, -0.05) is 11.2 Å². The van der Waals surface area contributed by atoms with E-state index >= 15 is 0 Å². The molecule has 0 atom stereocenters. The summed E-state index contributed by atoms with van der Waals surface area (Å²) in [6, 6.07) is 8.99. The fourth-order valence-corrected chi connectivity index (χ4v) is 1.98. The van der Waals surface area contributed by atoms with Gasteiger partial charge in [-0.3, -0.25) is 9.78 Å². The summed E-state index contributed by atoms with van der Waals surface area (Å²) >= 11 is 0. The summed E-state index contributed by atoms with van der Waals surface area (Å²) in [7, 11) is 0. The van der Waals surface area contributed by atoms with E-state index in [4.69, 9.17) is 8.94 Å². The van der Waals surface area contributed by atoms with E-state index < -0.39 is 0 Å². The molecule has 0 saturated carbocycles. The van der Waals surface area contributed by atoms with Gasteiger partial charge in [0.1, 0.15) is 11.3 Å². The monoisotopic (exact) mass is 283 g/mol. The van der Waals surface area contributed by atoms with Crippen LogP contribution in [0.3, 0.4) is 0 Å². The quantitative estimate of drug-likeness (QED) is 0.795. The van der Waals surface area contributed by atoms with E-state index in [-0.39, 0.29) is 5.91 Å². The molecule has 0 spiro atoms. The summed E-state index contributed by atoms with van der Waals surface area (Å²) < 4.78 is 10.4. The first-order valence-corrected chi connectivity index (χ1v) is 6.44. The van der Waals surface area contributed by atoms with Crippen molar-refractivity contribution in [1.82, 2.24) is 15.5 Å². The maximum Gasteiger partial charge on any atom is 0.257 e. The van der Waals surface area contributed by atoms with E-state index in [2.05, 4.69) is 15.5 Å². The van der Waals surface area contributed by atoms with Gasteiger partial charge in [-0.15, -0.1) is 0 Å². The van der Waals surface area contributed by atoms with E-state index in [1.54, 1.807) is 25.3 Å². The SMILES string of the molecule is Cc1onc(-c2ccco2)c1C(=O)NCc1ccccn1. The third kappa shape index (κ3) is 2.69. The van der Waals surface area contributed by atoms with E-state index in [0.29, 0.717) is 29.3 Å². The summed E-state index contributed by atoms with van der Waals surface area (Å²) in [6.07, 6.45) is 3.20. The zero-order chi connectivity index (χ0) is 14.7. The number of hydrogen-bond donors (Lipinski definition) is 1. The molecule has 0 aliphatic heterocycles. The molecule has 0 aliphatic carbocycles. The molecule has 0 bridgehead atoms. The van der Waals surface area contributed by atoms with Crippen molar-refractivity contribution < 1.29 is 13.7 Å². The van der Waals surface area contributed by atoms with Crippen molar-refractivity contribution in [2.24, 2.45) is 0 Å². The van der Waals surface area contributed by atoms with Gasteiger partial charge in [0.25, 0.3) is 5.91 Å². The number of carbonyl (C=O) groups is 1. The summed E-state index contributed by atoms with van der Waals surface area (Å²) in [5.41, 5.74) is 1.55. The topological polar surface area (TPSA) is 81.2 Å². The molecule has 21 heavy (non-hydrogen) atoms. The number of nitrogens with zero attached hydrogens (tertiary/aromatic N) is 2. The maximum atomic E-state index is 12.3. The molecule has 3 aromatic rings. The van der Waals surface area contributed by atoms with Crippen LogP contribution in [0.25, 0.3) is 11.5 Å². The van der Waals surface area contributed by atoms with Gasteiger partial charge in [0.2, 0.25) is 0 Å². The molecule has 3 heterocycles. The van der Waals surface area contributed by atoms with Crippen LogP contribution in [-0.4, -0.2) is 16.0 Å². The fraction of sp³-hybridized carbons (Fsp3) is 0.133. The minimum Gasteiger partial charge on any atom is -0.463 e. The molecule has 6 heteroatoms. The van der Waals surface area contributed by atoms with Crippen LogP contribution in [0.2, 0.25) is 0 Å². The molecule has 0 aromatic carbocycles. The van der Waals surface area contributed by atoms with Gasteiger partial charge in [0.15, 0.2) is 11.5 Å². The molecule has 3 aromatic heterocycles. The van der Waals surface area contributed by atoms with Crippen LogP contribution >= 0.6 is 0 Å². The Morgan fingerprint density at radius 2 is 2.19 bits per heavy atom. The molecule has 0 aliphatic rings. The van der Waals surface area contributed by atoms with E-state index in [0.717, 1.165) is 5.69 Å². The van der Waals surface area contributed by atoms with Crippen molar-refractivity contribution in [3.05, 3.63) is 59.8 Å². The second kappa shape index (κ2) is 5.62. The number of nitrogens with one attached hydrogen (secondary N) is 1. The van der Waals surface area contributed by atoms with Crippen molar-refractivity contribution in [2.45, 2.75) is 13.5 Å². The lowest BCUT2D eigenvalue weighted by atomic mass is 10.1. The number of hydrogen-bond acceptors (Lipinski definition) is 5. The highest BCUT2D eigenvalue weighted by Gasteiger charge is 2.22. The van der Waals surface area contributed by atoms with Crippen LogP contribution in [0.4, 0.5) is 0 Å². The number of pyridine rings is 1. The van der Waals surface area contributed by atoms with Crippen molar-refractivity contribution in [3.63, 3.8) is 0 Å². The predicted octanol–water partition coefficient (Wildman–Crippen LogP) is 2.57. The minimum absolute atomic E-state index is 0.272. The van der Waals surface area contributed by atoms with Crippen LogP contribution in [0, 0.1) is 6.92 Å². The Hall–Kier alpha value is -2.89. The first-order valence-electron chi connectivity index (χ1n) is 6.44. The van der Waals surface area contributed by atoms with Gasteiger partial charge < -0.3 is 14.3 Å². The third-order valence-electron chi connectivity index (χ3n) is 3.00. The molecular formula is C15H13N3O3. The fourth-order valence-electron chi connectivity index (χ4n) is 1.98. The molecule has 0 saturated heterocycles. The Morgan fingerprint density at radius 3 is 2.90 bits per heavy atom. The molecule has 1 amide bonds. The van der Waals surface area contributed by atoms with Crippen LogP contribution in [0.1, 0.15) is 21.8 Å². The Bertz CT molecular complexity index is 733. The average Bonchev–Trinajstić information content (AvgIpc) is 3.15. The molecule has 1 N–H and O–H groups in total. The van der Waals surface area contributed by atoms with Crippen LogP contribution in [0.15, 0.2) is 51.7 Å². The average molecular weight is 283 g/mol. The molecule has 106 valence electrons. The summed E-state index contributed by atoms with van der Waals surface area (Å²) in [4.78, 5) is 16.5. The Labute approximate surface area is 120 Å². The normalized spacial score (nSPS) is 10.5. The first kappa shape index (κ1) is 13.1. The van der Waals surface area contributed by atoms with Crippen LogP contribution < -0.4 is 5.32 Å². The second-order valence-corrected chi connectivity index (χ2v) is 4.44. The van der Waals surface area contributed by atoms with E-state index in [9.17, 15) is 4.79 Å². The van der Waals surface area contributed by atoms with Gasteiger partial charge >= 0.3 is 0 Å². The molecule has 0 unspecified atom stereocenters. The standard InChI is InChI=1S/C15H13N3O3/c1-10-13(14(18-21-10)12-6-4-8-20-12)15(19)17-9-11-5-2-3-7-16-11/h2-8H,9H2,1H3,(H,17,19). The number of carbonyl (C=O) groups excluding carboxylic acids is 1. The zero-order valence-electron chi connectivity index (χ0n) is 11.4. The van der Waals surface area contributed by atoms with Crippen LogP contribution in [-0.2, 0) is 6.54 Å². The Balaban J connectivity index is 1.80. The first-order chi connectivity index (χ1) is 10.3. The highest BCUT2D eigenvalue weighted by atomic mass is 16.5. The summed E-state index contributed by atoms with van der Waals surface area (Å²) in [5, 5.41) is 6.69.